The summed E-state index contributed by atoms with van der Waals surface area (Å²) < 4.78 is -1.54. The number of aliphatic carboxylic acids is 1. The number of likely N-dealkylation sites (N-methyl/N-ethyl adjacent to an activating group) is 1. The lowest BCUT2D eigenvalue weighted by Gasteiger charge is -2.39. The second kappa shape index (κ2) is 42.2. The second-order valence-corrected chi connectivity index (χ2v) is 32.6. The van der Waals surface area contributed by atoms with E-state index >= 15 is 24.0 Å². The predicted octanol–water partition coefficient (Wildman–Crippen LogP) is -3.16. The van der Waals surface area contributed by atoms with Crippen LogP contribution in [-0.2, 0) is 67.1 Å². The van der Waals surface area contributed by atoms with E-state index in [0.717, 1.165) is 34.4 Å². The molecule has 1 aliphatic carbocycles. The third kappa shape index (κ3) is 24.5. The molecule has 598 valence electrons. The summed E-state index contributed by atoms with van der Waals surface area (Å²) in [7, 11) is 3.37. The lowest BCUT2D eigenvalue weighted by Crippen LogP contribution is -2.64. The summed E-state index contributed by atoms with van der Waals surface area (Å²) in [5, 5.41) is 70.8. The van der Waals surface area contributed by atoms with Crippen LogP contribution in [0, 0.1) is 35.0 Å². The van der Waals surface area contributed by atoms with E-state index in [9.17, 15) is 58.5 Å². The van der Waals surface area contributed by atoms with Crippen molar-refractivity contribution in [2.24, 2.45) is 41.1 Å². The molecular formula is C69H118N18O17S2. The summed E-state index contributed by atoms with van der Waals surface area (Å²) in [5.74, 6) is -15.0. The maximum absolute atomic E-state index is 15.6. The molecule has 20 N–H and O–H groups in total. The third-order valence-corrected chi connectivity index (χ3v) is 24.1. The molecule has 3 unspecified atom stereocenters. The number of nitrogens with one attached hydrogen (secondary N) is 13. The maximum atomic E-state index is 15.6. The van der Waals surface area contributed by atoms with Gasteiger partial charge in [0.1, 0.15) is 78.5 Å². The lowest BCUT2D eigenvalue weighted by atomic mass is 9.84. The number of carbonyl (C=O) groups is 14. The maximum Gasteiger partial charge on any atom is 0.322 e. The van der Waals surface area contributed by atoms with Crippen LogP contribution < -0.4 is 75.3 Å². The minimum absolute atomic E-state index is 0.00268. The highest BCUT2D eigenvalue weighted by molar-refractivity contribution is 8.77. The average Bonchev–Trinajstić information content (AvgIpc) is 1.60. The Balaban J connectivity index is 1.69. The van der Waals surface area contributed by atoms with Crippen LogP contribution in [0.5, 0.6) is 0 Å². The van der Waals surface area contributed by atoms with Gasteiger partial charge in [0.2, 0.25) is 76.8 Å². The van der Waals surface area contributed by atoms with Crippen LogP contribution in [0.3, 0.4) is 0 Å². The number of carboxylic acids is 1. The SMILES string of the molecule is CCC(C)[C@H](NC(=O)CNC)C(=O)N[C@H]1CSSC(C)(C)[C@@H](C(=O)N[C@H](C(=O)N2CCC[C@H]2C(=O)NC[C@H](N)C(=O)O)C(C)CC)NC(=O)[C@H]([C@@H](C)CC)NC(=O)[C@H]2C[C@@H]3CCCC[C@@H]3N2C(=O)C2CCCN2C(=O)[C@H](CC(C)C)NC(=O)[C@H](CO)NC(=O)[C@H](CCCNC(=N)N)NC(=O)[C@H](CO)NC1=O. The molecule has 0 bridgehead atoms. The number of aliphatic hydroxyl groups excluding tert-OH is 2. The van der Waals surface area contributed by atoms with Gasteiger partial charge >= 0.3 is 5.97 Å². The Morgan fingerprint density at radius 3 is 1.89 bits per heavy atom. The number of aliphatic hydroxyl groups is 2. The molecule has 35 nitrogen and oxygen atoms in total. The summed E-state index contributed by atoms with van der Waals surface area (Å²) >= 11 is 0. The van der Waals surface area contributed by atoms with E-state index in [-0.39, 0.29) is 76.5 Å². The van der Waals surface area contributed by atoms with Crippen LogP contribution in [-0.4, -0.2) is 267 Å². The first kappa shape index (κ1) is 89.0. The molecule has 4 saturated heterocycles. The predicted molar refractivity (Wildman–Crippen MR) is 396 cm³/mol. The molecule has 0 aromatic heterocycles. The summed E-state index contributed by atoms with van der Waals surface area (Å²) in [6, 6.07) is -19.1. The Bertz CT molecular complexity index is 3120. The largest absolute Gasteiger partial charge is 0.480 e. The Morgan fingerprint density at radius 2 is 1.28 bits per heavy atom. The lowest BCUT2D eigenvalue weighted by molar-refractivity contribution is -0.150. The first-order valence-electron chi connectivity index (χ1n) is 37.3. The Morgan fingerprint density at radius 1 is 0.679 bits per heavy atom. The van der Waals surface area contributed by atoms with Gasteiger partial charge in [-0.25, -0.2) is 0 Å². The zero-order chi connectivity index (χ0) is 79.0. The molecule has 0 radical (unpaired) electrons. The highest BCUT2D eigenvalue weighted by Crippen LogP contribution is 2.42. The van der Waals surface area contributed by atoms with E-state index in [1.54, 1.807) is 74.1 Å². The van der Waals surface area contributed by atoms with Crippen molar-refractivity contribution in [3.8, 4) is 0 Å². The van der Waals surface area contributed by atoms with E-state index < -0.39 is 221 Å². The number of likely N-dealkylation sites (tertiary alicyclic amines) is 1. The second-order valence-electron chi connectivity index (χ2n) is 29.6. The minimum Gasteiger partial charge on any atom is -0.480 e. The number of hydrogen-bond donors (Lipinski definition) is 18. The van der Waals surface area contributed by atoms with Crippen molar-refractivity contribution < 1.29 is 82.4 Å². The van der Waals surface area contributed by atoms with Gasteiger partial charge in [0.05, 0.1) is 19.8 Å². The fourth-order valence-corrected chi connectivity index (χ4v) is 16.8. The van der Waals surface area contributed by atoms with E-state index in [2.05, 4.69) is 63.8 Å². The van der Waals surface area contributed by atoms with Gasteiger partial charge in [-0.3, -0.25) is 72.5 Å². The standard InChI is InChI=1S/C69H118N18O17S2/c1-12-36(6)51(81-50(90)31-73-11)61(97)80-45-34-105-106-69(9,10)54(63(99)83-53(38(8)14-3)66(102)85-26-18-23-47(85)59(95)75-30-40(70)67(103)104)84-62(98)52(37(7)13-2)82-60(96)49-29-39-20-15-16-22-46(39)87(49)65(101)48-24-19-27-86(48)64(100)42(28-35(4)5)77-57(93)44(33-89)78-55(91)41(21-17-25-74-68(71)72)76-56(92)43(32-88)79-58(45)94/h35-49,51-54,73,88-89H,12-34,70H2,1-11H3,(H,75,95)(H,76,92)(H,77,93)(H,78,91)(H,79,94)(H,80,97)(H,81,90)(H,82,96)(H,83,99)(H,84,98)(H,103,104)(H4,71,72,74)/t36?,37-,38?,39-,40-,41-,42-,43-,44-,45-,46-,47-,48?,49+,51-,52-,53-,54+/m0/s1. The average molecular weight is 1540 g/mol. The number of carboxylic acid groups (broad SMARTS) is 1. The summed E-state index contributed by atoms with van der Waals surface area (Å²) in [5.41, 5.74) is 11.2. The summed E-state index contributed by atoms with van der Waals surface area (Å²) in [6.07, 6.45) is 4.91. The van der Waals surface area contributed by atoms with Crippen LogP contribution in [0.1, 0.15) is 166 Å². The molecule has 0 aromatic carbocycles. The molecule has 37 heteroatoms. The number of carbonyl (C=O) groups excluding carboxylic acids is 13. The molecule has 0 aromatic rings. The summed E-state index contributed by atoms with van der Waals surface area (Å²) in [4.78, 5) is 207. The topological polar surface area (TPSA) is 530 Å². The molecule has 1 saturated carbocycles. The number of fused-ring (bicyclic) bond motifs is 4. The normalized spacial score (nSPS) is 27.9. The molecule has 0 spiro atoms. The molecule has 5 aliphatic rings. The van der Waals surface area contributed by atoms with Crippen LogP contribution in [0.2, 0.25) is 0 Å². The molecule has 4 aliphatic heterocycles. The van der Waals surface area contributed by atoms with Gasteiger partial charge in [-0.05, 0) is 115 Å². The number of guanidine groups is 1. The van der Waals surface area contributed by atoms with E-state index in [1.807, 2.05) is 0 Å². The number of rotatable bonds is 26. The molecule has 18 atom stereocenters. The van der Waals surface area contributed by atoms with Crippen molar-refractivity contribution in [2.75, 3.05) is 58.7 Å². The fraction of sp³-hybridized carbons (Fsp3) is 0.783. The first-order valence-corrected chi connectivity index (χ1v) is 39.6. The van der Waals surface area contributed by atoms with Gasteiger partial charge in [-0.15, -0.1) is 0 Å². The first-order chi connectivity index (χ1) is 50.1. The van der Waals surface area contributed by atoms with Crippen molar-refractivity contribution in [2.45, 2.75) is 255 Å². The molecule has 4 heterocycles. The molecule has 106 heavy (non-hydrogen) atoms. The molecule has 5 fully saturated rings. The number of amides is 13. The van der Waals surface area contributed by atoms with Crippen molar-refractivity contribution >= 4 is 110 Å². The van der Waals surface area contributed by atoms with Crippen molar-refractivity contribution in [3.63, 3.8) is 0 Å². The smallest absolute Gasteiger partial charge is 0.322 e. The van der Waals surface area contributed by atoms with Gasteiger partial charge in [0.15, 0.2) is 5.96 Å². The number of hydrogen-bond acceptors (Lipinski definition) is 21. The monoisotopic (exact) mass is 1530 g/mol. The van der Waals surface area contributed by atoms with Gasteiger partial charge in [-0.1, -0.05) is 109 Å². The van der Waals surface area contributed by atoms with Crippen LogP contribution in [0.4, 0.5) is 0 Å². The van der Waals surface area contributed by atoms with E-state index in [1.165, 1.54) is 16.8 Å². The van der Waals surface area contributed by atoms with Gasteiger partial charge in [0, 0.05) is 42.7 Å². The Kier molecular flexibility index (Phi) is 35.5. The third-order valence-electron chi connectivity index (χ3n) is 20.8. The number of nitrogens with zero attached hydrogens (tertiary/aromatic N) is 3. The fourth-order valence-electron chi connectivity index (χ4n) is 14.0. The van der Waals surface area contributed by atoms with Gasteiger partial charge in [0.25, 0.3) is 0 Å². The minimum atomic E-state index is -1.88. The van der Waals surface area contributed by atoms with Crippen LogP contribution >= 0.6 is 21.6 Å². The van der Waals surface area contributed by atoms with Crippen LogP contribution in [0.15, 0.2) is 0 Å². The molecule has 13 amide bonds. The van der Waals surface area contributed by atoms with Crippen molar-refractivity contribution in [1.29, 1.82) is 5.41 Å². The highest BCUT2D eigenvalue weighted by Gasteiger charge is 2.53. The van der Waals surface area contributed by atoms with Crippen molar-refractivity contribution in [3.05, 3.63) is 0 Å². The highest BCUT2D eigenvalue weighted by atomic mass is 33.1. The zero-order valence-electron chi connectivity index (χ0n) is 63.1. The van der Waals surface area contributed by atoms with Crippen LogP contribution in [0.25, 0.3) is 0 Å². The summed E-state index contributed by atoms with van der Waals surface area (Å²) in [6.45, 7) is 14.6. The Labute approximate surface area is 628 Å². The molecule has 5 rings (SSSR count). The number of nitrogens with two attached hydrogens (primary N) is 2. The van der Waals surface area contributed by atoms with Crippen molar-refractivity contribution in [1.82, 2.24) is 78.5 Å². The molecular weight excluding hydrogens is 1420 g/mol. The van der Waals surface area contributed by atoms with E-state index in [0.29, 0.717) is 44.9 Å². The quantitative estimate of drug-likeness (QED) is 0.0176. The van der Waals surface area contributed by atoms with Gasteiger partial charge < -0.3 is 105 Å². The Hall–Kier alpha value is -7.61. The van der Waals surface area contributed by atoms with Gasteiger partial charge in [-0.2, -0.15) is 0 Å². The van der Waals surface area contributed by atoms with E-state index in [4.69, 9.17) is 16.9 Å². The zero-order valence-corrected chi connectivity index (χ0v) is 64.7.